The van der Waals surface area contributed by atoms with Crippen molar-refractivity contribution in [1.82, 2.24) is 0 Å². The highest BCUT2D eigenvalue weighted by molar-refractivity contribution is 14.1. The van der Waals surface area contributed by atoms with Gasteiger partial charge in [0.15, 0.2) is 0 Å². The van der Waals surface area contributed by atoms with Crippen LogP contribution in [-0.4, -0.2) is 11.0 Å². The van der Waals surface area contributed by atoms with Gasteiger partial charge >= 0.3 is 0 Å². The van der Waals surface area contributed by atoms with Crippen LogP contribution < -0.4 is 14.2 Å². The summed E-state index contributed by atoms with van der Waals surface area (Å²) < 4.78 is 19.7. The molecule has 0 bridgehead atoms. The van der Waals surface area contributed by atoms with E-state index in [1.165, 1.54) is 71.6 Å². The minimum atomic E-state index is 0.512. The number of unbranched alkanes of at least 4 members (excludes halogenated alkanes) is 6. The fourth-order valence-electron chi connectivity index (χ4n) is 6.61. The summed E-state index contributed by atoms with van der Waals surface area (Å²) in [6.07, 6.45) is 12.1. The molecular formula is C50H53IO3. The van der Waals surface area contributed by atoms with Crippen molar-refractivity contribution in [2.24, 2.45) is 0 Å². The minimum absolute atomic E-state index is 0.512. The molecule has 0 N–H and O–H groups in total. The van der Waals surface area contributed by atoms with Gasteiger partial charge in [0.2, 0.25) is 0 Å². The Bertz CT molecular complexity index is 1860. The van der Waals surface area contributed by atoms with E-state index in [1.54, 1.807) is 0 Å². The van der Waals surface area contributed by atoms with Gasteiger partial charge in [-0.1, -0.05) is 170 Å². The SMILES string of the molecule is ICCCCCCOc1ccc(-c2ccc(CCCCCCc3ccc(-c4cc(OCc5ccccc5)cc(OCc5ccccc5)c4)cc3)cc2)cc1. The van der Waals surface area contributed by atoms with Gasteiger partial charge in [0.05, 0.1) is 6.61 Å². The highest BCUT2D eigenvalue weighted by Gasteiger charge is 2.08. The van der Waals surface area contributed by atoms with Gasteiger partial charge in [-0.2, -0.15) is 0 Å². The van der Waals surface area contributed by atoms with Crippen molar-refractivity contribution in [1.29, 1.82) is 0 Å². The largest absolute Gasteiger partial charge is 0.494 e. The molecule has 0 saturated carbocycles. The molecule has 6 aromatic carbocycles. The summed E-state index contributed by atoms with van der Waals surface area (Å²) in [7, 11) is 0. The Morgan fingerprint density at radius 1 is 0.333 bits per heavy atom. The monoisotopic (exact) mass is 828 g/mol. The van der Waals surface area contributed by atoms with Crippen LogP contribution in [0.25, 0.3) is 22.3 Å². The fraction of sp³-hybridized carbons (Fsp3) is 0.280. The number of hydrogen-bond donors (Lipinski definition) is 0. The number of ether oxygens (including phenoxy) is 3. The number of aryl methyl sites for hydroxylation is 2. The average Bonchev–Trinajstić information content (AvgIpc) is 3.23. The van der Waals surface area contributed by atoms with E-state index in [-0.39, 0.29) is 0 Å². The number of benzene rings is 6. The van der Waals surface area contributed by atoms with Crippen molar-refractivity contribution in [2.75, 3.05) is 11.0 Å². The van der Waals surface area contributed by atoms with E-state index in [0.29, 0.717) is 13.2 Å². The van der Waals surface area contributed by atoms with Crippen molar-refractivity contribution < 1.29 is 14.2 Å². The van der Waals surface area contributed by atoms with Gasteiger partial charge in [0, 0.05) is 6.07 Å². The maximum atomic E-state index is 6.25. The van der Waals surface area contributed by atoms with E-state index in [2.05, 4.69) is 132 Å². The molecule has 6 rings (SSSR count). The second kappa shape index (κ2) is 22.0. The summed E-state index contributed by atoms with van der Waals surface area (Å²) in [4.78, 5) is 0. The molecule has 6 aromatic rings. The molecule has 0 fully saturated rings. The van der Waals surface area contributed by atoms with E-state index < -0.39 is 0 Å². The molecule has 0 radical (unpaired) electrons. The normalized spacial score (nSPS) is 11.0. The van der Waals surface area contributed by atoms with Gasteiger partial charge in [-0.3, -0.25) is 0 Å². The van der Waals surface area contributed by atoms with Crippen LogP contribution in [0.1, 0.15) is 73.6 Å². The van der Waals surface area contributed by atoms with Crippen LogP contribution in [0.4, 0.5) is 0 Å². The highest BCUT2D eigenvalue weighted by Crippen LogP contribution is 2.32. The molecule has 54 heavy (non-hydrogen) atoms. The van der Waals surface area contributed by atoms with Crippen LogP contribution in [0.15, 0.2) is 152 Å². The fourth-order valence-corrected chi connectivity index (χ4v) is 7.15. The van der Waals surface area contributed by atoms with Crippen molar-refractivity contribution in [2.45, 2.75) is 77.4 Å². The van der Waals surface area contributed by atoms with Gasteiger partial charge in [-0.05, 0) is 112 Å². The molecule has 0 amide bonds. The van der Waals surface area contributed by atoms with Crippen molar-refractivity contribution in [3.63, 3.8) is 0 Å². The lowest BCUT2D eigenvalue weighted by Crippen LogP contribution is -1.98. The van der Waals surface area contributed by atoms with E-state index in [9.17, 15) is 0 Å². The molecule has 0 atom stereocenters. The van der Waals surface area contributed by atoms with E-state index in [4.69, 9.17) is 14.2 Å². The third-order valence-electron chi connectivity index (χ3n) is 9.78. The van der Waals surface area contributed by atoms with Crippen molar-refractivity contribution in [3.8, 4) is 39.5 Å². The zero-order chi connectivity index (χ0) is 37.0. The maximum absolute atomic E-state index is 6.25. The predicted molar refractivity (Wildman–Crippen MR) is 234 cm³/mol. The van der Waals surface area contributed by atoms with Gasteiger partial charge < -0.3 is 14.2 Å². The molecule has 0 aromatic heterocycles. The second-order valence-electron chi connectivity index (χ2n) is 14.0. The third-order valence-corrected chi connectivity index (χ3v) is 10.5. The maximum Gasteiger partial charge on any atom is 0.124 e. The highest BCUT2D eigenvalue weighted by atomic mass is 127. The Morgan fingerprint density at radius 3 is 1.28 bits per heavy atom. The molecule has 4 heteroatoms. The summed E-state index contributed by atoms with van der Waals surface area (Å²) in [6, 6.07) is 53.4. The van der Waals surface area contributed by atoms with Crippen LogP contribution in [0.3, 0.4) is 0 Å². The van der Waals surface area contributed by atoms with Crippen molar-refractivity contribution >= 4 is 22.6 Å². The van der Waals surface area contributed by atoms with Crippen LogP contribution in [-0.2, 0) is 26.1 Å². The topological polar surface area (TPSA) is 27.7 Å². The second-order valence-corrected chi connectivity index (χ2v) is 15.1. The first-order valence-corrected chi connectivity index (χ1v) is 21.2. The van der Waals surface area contributed by atoms with Crippen LogP contribution in [0.2, 0.25) is 0 Å². The molecule has 0 spiro atoms. The summed E-state index contributed by atoms with van der Waals surface area (Å²) in [5, 5.41) is 0. The molecule has 0 heterocycles. The minimum Gasteiger partial charge on any atom is -0.494 e. The third kappa shape index (κ3) is 13.1. The smallest absolute Gasteiger partial charge is 0.124 e. The predicted octanol–water partition coefficient (Wildman–Crippen LogP) is 13.9. The number of alkyl halides is 1. The summed E-state index contributed by atoms with van der Waals surface area (Å²) in [5.74, 6) is 2.57. The number of hydrogen-bond acceptors (Lipinski definition) is 3. The molecule has 3 nitrogen and oxygen atoms in total. The quantitative estimate of drug-likeness (QED) is 0.0388. The molecule has 0 saturated heterocycles. The van der Waals surface area contributed by atoms with E-state index >= 15 is 0 Å². The lowest BCUT2D eigenvalue weighted by Gasteiger charge is -2.13. The van der Waals surface area contributed by atoms with Crippen LogP contribution >= 0.6 is 22.6 Å². The van der Waals surface area contributed by atoms with Gasteiger partial charge in [0.25, 0.3) is 0 Å². The Hall–Kier alpha value is -4.55. The van der Waals surface area contributed by atoms with Gasteiger partial charge in [-0.25, -0.2) is 0 Å². The zero-order valence-corrected chi connectivity index (χ0v) is 33.6. The average molecular weight is 829 g/mol. The lowest BCUT2D eigenvalue weighted by molar-refractivity contribution is 0.290. The number of rotatable bonds is 22. The molecule has 0 aliphatic rings. The Kier molecular flexibility index (Phi) is 15.9. The molecule has 0 aliphatic carbocycles. The van der Waals surface area contributed by atoms with Gasteiger partial charge in [-0.15, -0.1) is 0 Å². The molecular weight excluding hydrogens is 775 g/mol. The summed E-state index contributed by atoms with van der Waals surface area (Å²) in [6.45, 7) is 1.83. The summed E-state index contributed by atoms with van der Waals surface area (Å²) in [5.41, 5.74) is 9.83. The van der Waals surface area contributed by atoms with Gasteiger partial charge in [0.1, 0.15) is 30.5 Å². The number of halogens is 1. The first-order chi connectivity index (χ1) is 26.7. The van der Waals surface area contributed by atoms with E-state index in [0.717, 1.165) is 65.4 Å². The lowest BCUT2D eigenvalue weighted by atomic mass is 9.99. The Morgan fingerprint density at radius 2 is 0.778 bits per heavy atom. The van der Waals surface area contributed by atoms with Crippen LogP contribution in [0, 0.1) is 0 Å². The zero-order valence-electron chi connectivity index (χ0n) is 31.4. The molecule has 278 valence electrons. The van der Waals surface area contributed by atoms with Crippen molar-refractivity contribution in [3.05, 3.63) is 174 Å². The first kappa shape index (κ1) is 39.2. The Balaban J connectivity index is 0.931. The van der Waals surface area contributed by atoms with Crippen LogP contribution in [0.5, 0.6) is 17.2 Å². The Labute approximate surface area is 336 Å². The molecule has 0 aliphatic heterocycles. The first-order valence-electron chi connectivity index (χ1n) is 19.7. The summed E-state index contributed by atoms with van der Waals surface area (Å²) >= 11 is 2.45. The standard InChI is InChI=1S/C50H53IO3/c51-33-13-3-4-14-34-52-48-31-29-45(30-32-48)44-25-21-40(22-26-44)15-7-1-2-8-16-41-23-27-46(28-24-41)47-35-49(53-38-42-17-9-5-10-18-42)37-50(36-47)54-39-43-19-11-6-12-20-43/h5-6,9-12,17-32,35-37H,1-4,7-8,13-16,33-34,38-39H2. The van der Waals surface area contributed by atoms with E-state index in [1.807, 2.05) is 42.5 Å². The molecule has 0 unspecified atom stereocenters.